The van der Waals surface area contributed by atoms with E-state index in [9.17, 15) is 8.42 Å². The van der Waals surface area contributed by atoms with Gasteiger partial charge in [-0.3, -0.25) is 0 Å². The third kappa shape index (κ3) is 2.17. The third-order valence-electron chi connectivity index (χ3n) is 2.06. The first-order valence-corrected chi connectivity index (χ1v) is 5.75. The Hall–Kier alpha value is -0.0900. The van der Waals surface area contributed by atoms with Crippen LogP contribution in [0.15, 0.2) is 0 Å². The van der Waals surface area contributed by atoms with Crippen LogP contribution in [0.2, 0.25) is 0 Å². The highest BCUT2D eigenvalue weighted by molar-refractivity contribution is 7.89. The molecule has 1 rings (SSSR count). The van der Waals surface area contributed by atoms with Crippen molar-refractivity contribution in [3.8, 4) is 0 Å². The number of nitrogens with zero attached hydrogens (tertiary/aromatic N) is 1. The fraction of sp³-hybridized carbons (Fsp3) is 1.00. The Morgan fingerprint density at radius 3 is 2.64 bits per heavy atom. The summed E-state index contributed by atoms with van der Waals surface area (Å²) in [5.74, 6) is 0.348. The number of hydrogen-bond donors (Lipinski definition) is 0. The summed E-state index contributed by atoms with van der Waals surface area (Å²) in [5, 5.41) is 0. The maximum absolute atomic E-state index is 11.4. The molecule has 11 heavy (non-hydrogen) atoms. The highest BCUT2D eigenvalue weighted by Crippen LogP contribution is 2.12. The second-order valence-corrected chi connectivity index (χ2v) is 4.96. The minimum Gasteiger partial charge on any atom is -0.212 e. The third-order valence-corrected chi connectivity index (χ3v) is 4.09. The molecule has 66 valence electrons. The molecule has 0 aliphatic carbocycles. The molecule has 0 spiro atoms. The lowest BCUT2D eigenvalue weighted by molar-refractivity contribution is 0.430. The molecule has 0 unspecified atom stereocenters. The van der Waals surface area contributed by atoms with E-state index >= 15 is 0 Å². The van der Waals surface area contributed by atoms with Crippen LogP contribution < -0.4 is 0 Å². The predicted molar refractivity (Wildman–Crippen MR) is 44.9 cm³/mol. The van der Waals surface area contributed by atoms with E-state index in [4.69, 9.17) is 0 Å². The first kappa shape index (κ1) is 9.00. The van der Waals surface area contributed by atoms with Gasteiger partial charge in [0, 0.05) is 13.1 Å². The summed E-state index contributed by atoms with van der Waals surface area (Å²) < 4.78 is 24.3. The summed E-state index contributed by atoms with van der Waals surface area (Å²) in [6.45, 7) is 3.24. The van der Waals surface area contributed by atoms with Crippen LogP contribution in [0, 0.1) is 0 Å². The number of rotatable bonds is 1. The molecule has 1 aliphatic heterocycles. The lowest BCUT2D eigenvalue weighted by atomic mass is 10.2. The maximum Gasteiger partial charge on any atom is 0.214 e. The summed E-state index contributed by atoms with van der Waals surface area (Å²) in [7, 11) is -2.88. The van der Waals surface area contributed by atoms with E-state index in [0.29, 0.717) is 12.3 Å². The molecule has 0 bridgehead atoms. The van der Waals surface area contributed by atoms with E-state index in [-0.39, 0.29) is 0 Å². The molecule has 0 amide bonds. The van der Waals surface area contributed by atoms with Crippen molar-refractivity contribution in [3.63, 3.8) is 0 Å². The van der Waals surface area contributed by atoms with E-state index in [2.05, 4.69) is 0 Å². The van der Waals surface area contributed by atoms with Crippen molar-refractivity contribution in [1.29, 1.82) is 0 Å². The van der Waals surface area contributed by atoms with Gasteiger partial charge in [0.2, 0.25) is 10.0 Å². The topological polar surface area (TPSA) is 37.4 Å². The van der Waals surface area contributed by atoms with Gasteiger partial charge < -0.3 is 0 Å². The van der Waals surface area contributed by atoms with Gasteiger partial charge in [-0.05, 0) is 12.8 Å². The zero-order valence-electron chi connectivity index (χ0n) is 6.91. The fourth-order valence-corrected chi connectivity index (χ4v) is 3.00. The van der Waals surface area contributed by atoms with Gasteiger partial charge in [-0.15, -0.1) is 0 Å². The summed E-state index contributed by atoms with van der Waals surface area (Å²) in [6.07, 6.45) is 2.90. The Balaban J connectivity index is 2.72. The van der Waals surface area contributed by atoms with E-state index in [1.54, 1.807) is 4.31 Å². The molecular formula is C7H15NO2S. The number of sulfonamides is 1. The van der Waals surface area contributed by atoms with Crippen LogP contribution in [0.25, 0.3) is 0 Å². The monoisotopic (exact) mass is 177 g/mol. The van der Waals surface area contributed by atoms with E-state index in [1.807, 2.05) is 6.92 Å². The van der Waals surface area contributed by atoms with E-state index in [1.165, 1.54) is 0 Å². The molecule has 0 aromatic rings. The Bertz CT molecular complexity index is 210. The van der Waals surface area contributed by atoms with Gasteiger partial charge >= 0.3 is 0 Å². The molecule has 3 nitrogen and oxygen atoms in total. The number of hydrogen-bond acceptors (Lipinski definition) is 2. The summed E-state index contributed by atoms with van der Waals surface area (Å²) >= 11 is 0. The molecular weight excluding hydrogens is 162 g/mol. The molecule has 0 aromatic heterocycles. The molecule has 0 saturated carbocycles. The van der Waals surface area contributed by atoms with Crippen molar-refractivity contribution < 1.29 is 8.42 Å². The summed E-state index contributed by atoms with van der Waals surface area (Å²) in [4.78, 5) is 0. The van der Waals surface area contributed by atoms with E-state index < -0.39 is 10.0 Å². The van der Waals surface area contributed by atoms with Gasteiger partial charge in [-0.1, -0.05) is 13.3 Å². The van der Waals surface area contributed by atoms with Crippen molar-refractivity contribution in [2.24, 2.45) is 0 Å². The Morgan fingerprint density at radius 1 is 1.27 bits per heavy atom. The zero-order valence-corrected chi connectivity index (χ0v) is 7.73. The lowest BCUT2D eigenvalue weighted by Crippen LogP contribution is -2.31. The average Bonchev–Trinajstić information content (AvgIpc) is 2.10. The molecule has 4 heteroatoms. The summed E-state index contributed by atoms with van der Waals surface area (Å²) in [6, 6.07) is 0. The van der Waals surface area contributed by atoms with Crippen LogP contribution in [-0.2, 0) is 10.0 Å². The predicted octanol–water partition coefficient (Wildman–Crippen LogP) is 0.822. The molecule has 0 N–H and O–H groups in total. The van der Waals surface area contributed by atoms with Gasteiger partial charge in [-0.2, -0.15) is 0 Å². The molecule has 1 aliphatic rings. The second-order valence-electron chi connectivity index (χ2n) is 2.87. The lowest BCUT2D eigenvalue weighted by Gasteiger charge is -2.16. The maximum atomic E-state index is 11.4. The minimum atomic E-state index is -2.88. The minimum absolute atomic E-state index is 0.348. The molecule has 0 aromatic carbocycles. The highest BCUT2D eigenvalue weighted by Gasteiger charge is 2.21. The Kier molecular flexibility index (Phi) is 2.90. The van der Waals surface area contributed by atoms with Crippen LogP contribution >= 0.6 is 0 Å². The van der Waals surface area contributed by atoms with Crippen molar-refractivity contribution in [1.82, 2.24) is 4.31 Å². The first-order valence-electron chi connectivity index (χ1n) is 4.14. The van der Waals surface area contributed by atoms with Crippen molar-refractivity contribution >= 4 is 10.0 Å². The quantitative estimate of drug-likeness (QED) is 0.594. The van der Waals surface area contributed by atoms with Crippen molar-refractivity contribution in [3.05, 3.63) is 0 Å². The molecule has 1 heterocycles. The van der Waals surface area contributed by atoms with Crippen molar-refractivity contribution in [2.75, 3.05) is 18.8 Å². The van der Waals surface area contributed by atoms with Crippen LogP contribution in [-0.4, -0.2) is 31.6 Å². The van der Waals surface area contributed by atoms with Crippen LogP contribution in [0.4, 0.5) is 0 Å². The van der Waals surface area contributed by atoms with Crippen molar-refractivity contribution in [2.45, 2.75) is 26.2 Å². The van der Waals surface area contributed by atoms with Crippen LogP contribution in [0.3, 0.4) is 0 Å². The standard InChI is InChI=1S/C7H15NO2S/c1-2-8-6-4-3-5-7-11(8,9)10/h2-7H2,1H3. The Labute approximate surface area is 68.4 Å². The molecule has 1 saturated heterocycles. The molecule has 0 atom stereocenters. The van der Waals surface area contributed by atoms with Gasteiger partial charge in [0.1, 0.15) is 0 Å². The average molecular weight is 177 g/mol. The molecule has 0 radical (unpaired) electrons. The van der Waals surface area contributed by atoms with Crippen LogP contribution in [0.5, 0.6) is 0 Å². The van der Waals surface area contributed by atoms with Gasteiger partial charge in [-0.25, -0.2) is 12.7 Å². The second kappa shape index (κ2) is 3.54. The normalized spacial score (nSPS) is 26.3. The van der Waals surface area contributed by atoms with Gasteiger partial charge in [0.15, 0.2) is 0 Å². The van der Waals surface area contributed by atoms with Gasteiger partial charge in [0.05, 0.1) is 5.75 Å². The Morgan fingerprint density at radius 2 is 2.00 bits per heavy atom. The SMILES string of the molecule is CCN1CCCCCS1(=O)=O. The van der Waals surface area contributed by atoms with Gasteiger partial charge in [0.25, 0.3) is 0 Å². The first-order chi connectivity index (χ1) is 5.17. The highest BCUT2D eigenvalue weighted by atomic mass is 32.2. The summed E-state index contributed by atoms with van der Waals surface area (Å²) in [5.41, 5.74) is 0. The largest absolute Gasteiger partial charge is 0.214 e. The zero-order chi connectivity index (χ0) is 8.32. The fourth-order valence-electron chi connectivity index (χ4n) is 1.37. The van der Waals surface area contributed by atoms with E-state index in [0.717, 1.165) is 25.8 Å². The smallest absolute Gasteiger partial charge is 0.212 e. The molecule has 1 fully saturated rings. The van der Waals surface area contributed by atoms with Crippen LogP contribution in [0.1, 0.15) is 26.2 Å².